The Morgan fingerprint density at radius 2 is 2.11 bits per heavy atom. The van der Waals surface area contributed by atoms with E-state index in [4.69, 9.17) is 4.74 Å². The summed E-state index contributed by atoms with van der Waals surface area (Å²) in [5.41, 5.74) is 1.91. The van der Waals surface area contributed by atoms with E-state index in [-0.39, 0.29) is 11.3 Å². The van der Waals surface area contributed by atoms with Gasteiger partial charge in [-0.25, -0.2) is 0 Å². The molecule has 1 aromatic rings. The van der Waals surface area contributed by atoms with Gasteiger partial charge in [-0.1, -0.05) is 31.5 Å². The van der Waals surface area contributed by atoms with Crippen LogP contribution in [-0.4, -0.2) is 30.8 Å². The van der Waals surface area contributed by atoms with Crippen molar-refractivity contribution in [2.75, 3.05) is 13.7 Å². The number of ether oxygens (including phenoxy) is 1. The molecule has 0 aromatic heterocycles. The summed E-state index contributed by atoms with van der Waals surface area (Å²) < 4.78 is 5.38. The second kappa shape index (κ2) is 6.06. The van der Waals surface area contributed by atoms with Crippen LogP contribution in [0, 0.1) is 6.92 Å². The Morgan fingerprint density at radius 1 is 1.47 bits per heavy atom. The molecule has 0 saturated heterocycles. The predicted octanol–water partition coefficient (Wildman–Crippen LogP) is 1.78. The maximum Gasteiger partial charge on any atom is 0.248 e. The molecule has 0 spiro atoms. The highest BCUT2D eigenvalue weighted by Gasteiger charge is 2.25. The fourth-order valence-electron chi connectivity index (χ4n) is 1.90. The lowest BCUT2D eigenvalue weighted by Gasteiger charge is -2.28. The smallest absolute Gasteiger partial charge is 0.248 e. The van der Waals surface area contributed by atoms with Gasteiger partial charge in [-0.2, -0.15) is 0 Å². The third-order valence-corrected chi connectivity index (χ3v) is 3.17. The first-order valence-corrected chi connectivity index (χ1v) is 6.39. The molecule has 0 aliphatic rings. The molecule has 0 aliphatic carbocycles. The summed E-state index contributed by atoms with van der Waals surface area (Å²) in [7, 11) is 1.64. The minimum atomic E-state index is -0.991. The van der Waals surface area contributed by atoms with Crippen molar-refractivity contribution in [3.8, 4) is 5.75 Å². The van der Waals surface area contributed by atoms with E-state index in [0.29, 0.717) is 6.54 Å². The van der Waals surface area contributed by atoms with Crippen molar-refractivity contribution in [2.45, 2.75) is 39.2 Å². The molecular weight excluding hydrogens is 242 g/mol. The van der Waals surface area contributed by atoms with Gasteiger partial charge in [0.1, 0.15) is 11.9 Å². The lowest BCUT2D eigenvalue weighted by Crippen LogP contribution is -2.41. The summed E-state index contributed by atoms with van der Waals surface area (Å²) in [6, 6.07) is 5.99. The van der Waals surface area contributed by atoms with Crippen LogP contribution in [0.1, 0.15) is 31.9 Å². The quantitative estimate of drug-likeness (QED) is 0.853. The number of benzene rings is 1. The number of carbonyl (C=O) groups excluding carboxylic acids is 1. The van der Waals surface area contributed by atoms with E-state index >= 15 is 0 Å². The molecule has 1 unspecified atom stereocenters. The summed E-state index contributed by atoms with van der Waals surface area (Å²) in [5, 5.41) is 11.9. The van der Waals surface area contributed by atoms with Gasteiger partial charge in [-0.15, -0.1) is 0 Å². The Kier molecular flexibility index (Phi) is 4.95. The third kappa shape index (κ3) is 3.96. The molecule has 4 heteroatoms. The molecule has 1 atom stereocenters. The van der Waals surface area contributed by atoms with Crippen LogP contribution in [-0.2, 0) is 10.2 Å². The van der Waals surface area contributed by atoms with Crippen LogP contribution in [0.4, 0.5) is 0 Å². The van der Waals surface area contributed by atoms with Crippen molar-refractivity contribution >= 4 is 5.91 Å². The third-order valence-electron chi connectivity index (χ3n) is 3.17. The van der Waals surface area contributed by atoms with Crippen LogP contribution in [0.3, 0.4) is 0 Å². The van der Waals surface area contributed by atoms with Crippen molar-refractivity contribution in [1.82, 2.24) is 5.32 Å². The molecular formula is C15H23NO3. The molecule has 2 N–H and O–H groups in total. The van der Waals surface area contributed by atoms with Crippen LogP contribution in [0.25, 0.3) is 0 Å². The van der Waals surface area contributed by atoms with E-state index in [1.54, 1.807) is 7.11 Å². The Morgan fingerprint density at radius 3 is 2.63 bits per heavy atom. The first-order valence-electron chi connectivity index (χ1n) is 6.39. The summed E-state index contributed by atoms with van der Waals surface area (Å²) in [4.78, 5) is 11.4. The van der Waals surface area contributed by atoms with Gasteiger partial charge in [-0.3, -0.25) is 4.79 Å². The highest BCUT2D eigenvalue weighted by atomic mass is 16.5. The van der Waals surface area contributed by atoms with Gasteiger partial charge >= 0.3 is 0 Å². The predicted molar refractivity (Wildman–Crippen MR) is 75.4 cm³/mol. The van der Waals surface area contributed by atoms with E-state index in [1.807, 2.05) is 32.9 Å². The first kappa shape index (κ1) is 15.5. The Hall–Kier alpha value is -1.55. The minimum Gasteiger partial charge on any atom is -0.496 e. The summed E-state index contributed by atoms with van der Waals surface area (Å²) in [5.74, 6) is 0.446. The van der Waals surface area contributed by atoms with Crippen LogP contribution in [0.5, 0.6) is 5.75 Å². The number of aliphatic hydroxyl groups is 1. The fraction of sp³-hybridized carbons (Fsp3) is 0.533. The second-order valence-corrected chi connectivity index (χ2v) is 5.48. The number of nitrogens with one attached hydrogen (secondary N) is 1. The number of aliphatic hydroxyl groups excluding tert-OH is 1. The fourth-order valence-corrected chi connectivity index (χ4v) is 1.90. The number of carbonyl (C=O) groups is 1. The van der Waals surface area contributed by atoms with Crippen molar-refractivity contribution in [1.29, 1.82) is 0 Å². The average Bonchev–Trinajstić information content (AvgIpc) is 2.35. The molecule has 0 heterocycles. The number of rotatable bonds is 5. The molecule has 1 amide bonds. The number of aryl methyl sites for hydroxylation is 1. The van der Waals surface area contributed by atoms with Gasteiger partial charge in [0.15, 0.2) is 0 Å². The topological polar surface area (TPSA) is 58.6 Å². The summed E-state index contributed by atoms with van der Waals surface area (Å²) in [6.45, 7) is 7.98. The first-order chi connectivity index (χ1) is 8.77. The van der Waals surface area contributed by atoms with E-state index < -0.39 is 6.10 Å². The van der Waals surface area contributed by atoms with E-state index in [2.05, 4.69) is 11.4 Å². The molecule has 106 valence electrons. The number of amides is 1. The monoisotopic (exact) mass is 265 g/mol. The zero-order chi connectivity index (χ0) is 14.6. The highest BCUT2D eigenvalue weighted by molar-refractivity contribution is 5.80. The highest BCUT2D eigenvalue weighted by Crippen LogP contribution is 2.31. The van der Waals surface area contributed by atoms with Crippen LogP contribution < -0.4 is 10.1 Å². The Bertz CT molecular complexity index is 453. The van der Waals surface area contributed by atoms with Crippen molar-refractivity contribution in [2.24, 2.45) is 0 Å². The minimum absolute atomic E-state index is 0.276. The molecule has 1 aromatic carbocycles. The van der Waals surface area contributed by atoms with E-state index in [9.17, 15) is 9.90 Å². The van der Waals surface area contributed by atoms with Gasteiger partial charge in [0, 0.05) is 17.5 Å². The normalized spacial score (nSPS) is 12.9. The van der Waals surface area contributed by atoms with Crippen molar-refractivity contribution in [3.63, 3.8) is 0 Å². The second-order valence-electron chi connectivity index (χ2n) is 5.48. The number of hydrogen-bond acceptors (Lipinski definition) is 3. The van der Waals surface area contributed by atoms with E-state index in [1.165, 1.54) is 6.92 Å². The molecule has 1 rings (SSSR count). The lowest BCUT2D eigenvalue weighted by atomic mass is 9.83. The molecule has 0 fully saturated rings. The lowest BCUT2D eigenvalue weighted by molar-refractivity contribution is -0.128. The SMILES string of the molecule is COc1ccc(C)cc1C(C)(C)CNC(=O)C(C)O. The summed E-state index contributed by atoms with van der Waals surface area (Å²) >= 11 is 0. The zero-order valence-corrected chi connectivity index (χ0v) is 12.3. The number of methoxy groups -OCH3 is 1. The van der Waals surface area contributed by atoms with Gasteiger partial charge in [0.2, 0.25) is 5.91 Å². The zero-order valence-electron chi connectivity index (χ0n) is 12.3. The molecule has 0 radical (unpaired) electrons. The Labute approximate surface area is 114 Å². The maximum absolute atomic E-state index is 11.4. The largest absolute Gasteiger partial charge is 0.496 e. The van der Waals surface area contributed by atoms with Gasteiger partial charge in [0.05, 0.1) is 7.11 Å². The maximum atomic E-state index is 11.4. The molecule has 0 saturated carbocycles. The van der Waals surface area contributed by atoms with Gasteiger partial charge in [0.25, 0.3) is 0 Å². The number of hydrogen-bond donors (Lipinski definition) is 2. The Balaban J connectivity index is 2.93. The molecule has 0 aliphatic heterocycles. The van der Waals surface area contributed by atoms with Crippen molar-refractivity contribution in [3.05, 3.63) is 29.3 Å². The van der Waals surface area contributed by atoms with Crippen molar-refractivity contribution < 1.29 is 14.6 Å². The standard InChI is InChI=1S/C15H23NO3/c1-10-6-7-13(19-5)12(8-10)15(3,4)9-16-14(18)11(2)17/h6-8,11,17H,9H2,1-5H3,(H,16,18). The van der Waals surface area contributed by atoms with Gasteiger partial charge in [-0.05, 0) is 19.9 Å². The molecule has 19 heavy (non-hydrogen) atoms. The average molecular weight is 265 g/mol. The van der Waals surface area contributed by atoms with Gasteiger partial charge < -0.3 is 15.2 Å². The summed E-state index contributed by atoms with van der Waals surface area (Å²) in [6.07, 6.45) is -0.991. The van der Waals surface area contributed by atoms with Crippen LogP contribution in [0.2, 0.25) is 0 Å². The van der Waals surface area contributed by atoms with Crippen LogP contribution in [0.15, 0.2) is 18.2 Å². The molecule has 4 nitrogen and oxygen atoms in total. The van der Waals surface area contributed by atoms with Crippen LogP contribution >= 0.6 is 0 Å². The molecule has 0 bridgehead atoms. The van der Waals surface area contributed by atoms with E-state index in [0.717, 1.165) is 16.9 Å².